The van der Waals surface area contributed by atoms with Gasteiger partial charge in [-0.1, -0.05) is 35.9 Å². The Labute approximate surface area is 139 Å². The zero-order valence-corrected chi connectivity index (χ0v) is 13.5. The highest BCUT2D eigenvalue weighted by molar-refractivity contribution is 6.31. The van der Waals surface area contributed by atoms with Crippen molar-refractivity contribution in [2.24, 2.45) is 0 Å². The van der Waals surface area contributed by atoms with Crippen molar-refractivity contribution < 1.29 is 4.39 Å². The summed E-state index contributed by atoms with van der Waals surface area (Å²) in [4.78, 5) is 0. The number of hydrogen-bond acceptors (Lipinski definition) is 1. The molecule has 1 aromatic heterocycles. The monoisotopic (exact) mass is 328 g/mol. The standard InChI is InChI=1S/C19H18ClFN2/c20-18-9-15(21)6-5-13(18)11-23-12-14(10-22-16-7-8-16)17-3-1-2-4-19(17)23/h1-6,9,12,16,22H,7-8,10-11H2. The third kappa shape index (κ3) is 3.12. The summed E-state index contributed by atoms with van der Waals surface area (Å²) >= 11 is 6.18. The molecule has 1 saturated carbocycles. The van der Waals surface area contributed by atoms with Crippen LogP contribution in [0.3, 0.4) is 0 Å². The smallest absolute Gasteiger partial charge is 0.124 e. The summed E-state index contributed by atoms with van der Waals surface area (Å²) in [6.07, 6.45) is 4.74. The van der Waals surface area contributed by atoms with Crippen molar-refractivity contribution in [3.63, 3.8) is 0 Å². The Morgan fingerprint density at radius 1 is 1.13 bits per heavy atom. The van der Waals surface area contributed by atoms with Gasteiger partial charge in [-0.15, -0.1) is 0 Å². The molecule has 23 heavy (non-hydrogen) atoms. The molecule has 1 aliphatic carbocycles. The number of fused-ring (bicyclic) bond motifs is 1. The number of benzene rings is 2. The Balaban J connectivity index is 1.68. The van der Waals surface area contributed by atoms with E-state index in [1.165, 1.54) is 41.4 Å². The summed E-state index contributed by atoms with van der Waals surface area (Å²) in [5.41, 5.74) is 3.40. The normalized spacial score (nSPS) is 14.5. The quantitative estimate of drug-likeness (QED) is 0.716. The summed E-state index contributed by atoms with van der Waals surface area (Å²) in [5.74, 6) is -0.301. The summed E-state index contributed by atoms with van der Waals surface area (Å²) in [5, 5.41) is 5.31. The van der Waals surface area contributed by atoms with E-state index in [4.69, 9.17) is 11.6 Å². The molecule has 1 aliphatic rings. The van der Waals surface area contributed by atoms with Crippen LogP contribution in [0.5, 0.6) is 0 Å². The zero-order valence-electron chi connectivity index (χ0n) is 12.7. The topological polar surface area (TPSA) is 17.0 Å². The summed E-state index contributed by atoms with van der Waals surface area (Å²) < 4.78 is 15.4. The van der Waals surface area contributed by atoms with E-state index in [0.717, 1.165) is 12.1 Å². The van der Waals surface area contributed by atoms with Gasteiger partial charge in [0.25, 0.3) is 0 Å². The lowest BCUT2D eigenvalue weighted by atomic mass is 10.2. The lowest BCUT2D eigenvalue weighted by molar-refractivity contribution is 0.626. The Bertz CT molecular complexity index is 852. The Kier molecular flexibility index (Phi) is 3.83. The maximum absolute atomic E-state index is 13.2. The highest BCUT2D eigenvalue weighted by atomic mass is 35.5. The van der Waals surface area contributed by atoms with Crippen LogP contribution in [0.15, 0.2) is 48.7 Å². The Morgan fingerprint density at radius 2 is 1.96 bits per heavy atom. The van der Waals surface area contributed by atoms with Crippen LogP contribution in [0.1, 0.15) is 24.0 Å². The number of aromatic nitrogens is 1. The van der Waals surface area contributed by atoms with Crippen molar-refractivity contribution >= 4 is 22.5 Å². The van der Waals surface area contributed by atoms with Crippen LogP contribution in [0, 0.1) is 5.82 Å². The van der Waals surface area contributed by atoms with Crippen LogP contribution in [-0.4, -0.2) is 10.6 Å². The van der Waals surface area contributed by atoms with Crippen molar-refractivity contribution in [1.29, 1.82) is 0 Å². The van der Waals surface area contributed by atoms with Crippen LogP contribution in [0.2, 0.25) is 5.02 Å². The first-order valence-electron chi connectivity index (χ1n) is 7.95. The third-order valence-corrected chi connectivity index (χ3v) is 4.74. The zero-order chi connectivity index (χ0) is 15.8. The first-order chi connectivity index (χ1) is 11.2. The molecule has 0 amide bonds. The Morgan fingerprint density at radius 3 is 2.74 bits per heavy atom. The molecule has 1 fully saturated rings. The molecule has 2 nitrogen and oxygen atoms in total. The van der Waals surface area contributed by atoms with Crippen LogP contribution in [0.4, 0.5) is 4.39 Å². The number of hydrogen-bond donors (Lipinski definition) is 1. The van der Waals surface area contributed by atoms with Gasteiger partial charge in [0.15, 0.2) is 0 Å². The maximum atomic E-state index is 13.2. The highest BCUT2D eigenvalue weighted by Gasteiger charge is 2.21. The fourth-order valence-electron chi connectivity index (χ4n) is 2.97. The molecule has 3 aromatic rings. The average molecular weight is 329 g/mol. The molecule has 4 heteroatoms. The molecule has 1 N–H and O–H groups in total. The third-order valence-electron chi connectivity index (χ3n) is 4.39. The molecule has 0 atom stereocenters. The van der Waals surface area contributed by atoms with Gasteiger partial charge in [-0.05, 0) is 42.2 Å². The maximum Gasteiger partial charge on any atom is 0.124 e. The molecule has 0 spiro atoms. The van der Waals surface area contributed by atoms with E-state index in [1.54, 1.807) is 6.07 Å². The van der Waals surface area contributed by atoms with Crippen molar-refractivity contribution in [3.8, 4) is 0 Å². The number of halogens is 2. The van der Waals surface area contributed by atoms with Crippen LogP contribution in [-0.2, 0) is 13.1 Å². The van der Waals surface area contributed by atoms with E-state index in [1.807, 2.05) is 6.07 Å². The van der Waals surface area contributed by atoms with Crippen LogP contribution >= 0.6 is 11.6 Å². The Hall–Kier alpha value is -1.84. The van der Waals surface area contributed by atoms with E-state index in [-0.39, 0.29) is 5.82 Å². The van der Waals surface area contributed by atoms with Gasteiger partial charge in [0.1, 0.15) is 5.82 Å². The predicted octanol–water partition coefficient (Wildman–Crippen LogP) is 4.73. The number of nitrogens with zero attached hydrogens (tertiary/aromatic N) is 1. The predicted molar refractivity (Wildman–Crippen MR) is 92.3 cm³/mol. The minimum absolute atomic E-state index is 0.301. The SMILES string of the molecule is Fc1ccc(Cn2cc(CNC3CC3)c3ccccc32)c(Cl)c1. The molecule has 0 saturated heterocycles. The average Bonchev–Trinajstić information content (AvgIpc) is 3.31. The van der Waals surface area contributed by atoms with Gasteiger partial charge in [-0.3, -0.25) is 0 Å². The number of nitrogens with one attached hydrogen (secondary N) is 1. The first-order valence-corrected chi connectivity index (χ1v) is 8.32. The molecule has 1 heterocycles. The summed E-state index contributed by atoms with van der Waals surface area (Å²) in [6.45, 7) is 1.53. The van der Waals surface area contributed by atoms with E-state index >= 15 is 0 Å². The molecule has 0 radical (unpaired) electrons. The summed E-state index contributed by atoms with van der Waals surface area (Å²) in [7, 11) is 0. The molecule has 0 aliphatic heterocycles. The first kappa shape index (κ1) is 14.7. The van der Waals surface area contributed by atoms with Crippen molar-refractivity contribution in [3.05, 3.63) is 70.6 Å². The van der Waals surface area contributed by atoms with Gasteiger partial charge in [0.05, 0.1) is 0 Å². The summed E-state index contributed by atoms with van der Waals surface area (Å²) in [6, 6.07) is 13.7. The largest absolute Gasteiger partial charge is 0.343 e. The molecule has 2 aromatic carbocycles. The van der Waals surface area contributed by atoms with Crippen molar-refractivity contribution in [2.45, 2.75) is 32.0 Å². The van der Waals surface area contributed by atoms with E-state index in [0.29, 0.717) is 17.6 Å². The van der Waals surface area contributed by atoms with Gasteiger partial charge in [0.2, 0.25) is 0 Å². The van der Waals surface area contributed by atoms with E-state index < -0.39 is 0 Å². The van der Waals surface area contributed by atoms with Crippen LogP contribution < -0.4 is 5.32 Å². The minimum atomic E-state index is -0.301. The van der Waals surface area contributed by atoms with Gasteiger partial charge >= 0.3 is 0 Å². The molecule has 0 unspecified atom stereocenters. The number of para-hydroxylation sites is 1. The second kappa shape index (κ2) is 5.99. The lowest BCUT2D eigenvalue weighted by Crippen LogP contribution is -2.14. The molecule has 4 rings (SSSR count). The molecule has 118 valence electrons. The second-order valence-corrected chi connectivity index (χ2v) is 6.60. The minimum Gasteiger partial charge on any atom is -0.343 e. The van der Waals surface area contributed by atoms with Crippen molar-refractivity contribution in [2.75, 3.05) is 0 Å². The molecular formula is C19H18ClFN2. The molecule has 0 bridgehead atoms. The highest BCUT2D eigenvalue weighted by Crippen LogP contribution is 2.26. The fraction of sp³-hybridized carbons (Fsp3) is 0.263. The van der Waals surface area contributed by atoms with Gasteiger partial charge in [-0.25, -0.2) is 4.39 Å². The fourth-order valence-corrected chi connectivity index (χ4v) is 3.20. The number of rotatable bonds is 5. The van der Waals surface area contributed by atoms with E-state index in [2.05, 4.69) is 34.3 Å². The second-order valence-electron chi connectivity index (χ2n) is 6.19. The molecular weight excluding hydrogens is 311 g/mol. The van der Waals surface area contributed by atoms with Crippen LogP contribution in [0.25, 0.3) is 10.9 Å². The van der Waals surface area contributed by atoms with Gasteiger partial charge in [0, 0.05) is 41.3 Å². The van der Waals surface area contributed by atoms with Gasteiger partial charge in [-0.2, -0.15) is 0 Å². The lowest BCUT2D eigenvalue weighted by Gasteiger charge is -2.07. The van der Waals surface area contributed by atoms with Crippen molar-refractivity contribution in [1.82, 2.24) is 9.88 Å². The van der Waals surface area contributed by atoms with Gasteiger partial charge < -0.3 is 9.88 Å². The van der Waals surface area contributed by atoms with E-state index in [9.17, 15) is 4.39 Å².